The molecule has 5 aromatic rings. The first kappa shape index (κ1) is 25.7. The quantitative estimate of drug-likeness (QED) is 0.113. The van der Waals surface area contributed by atoms with Gasteiger partial charge in [0.15, 0.2) is 5.78 Å². The lowest BCUT2D eigenvalue weighted by atomic mass is 10.1. The molecule has 1 aromatic heterocycles. The topological polar surface area (TPSA) is 53.8 Å². The van der Waals surface area contributed by atoms with Crippen molar-refractivity contribution in [3.8, 4) is 0 Å². The van der Waals surface area contributed by atoms with E-state index in [2.05, 4.69) is 47.9 Å². The first-order valence-electron chi connectivity index (χ1n) is 13.1. The molecule has 39 heavy (non-hydrogen) atoms. The highest BCUT2D eigenvalue weighted by Crippen LogP contribution is 2.34. The van der Waals surface area contributed by atoms with Gasteiger partial charge in [-0.25, -0.2) is 4.79 Å². The molecule has 0 aliphatic carbocycles. The largest absolute Gasteiger partial charge is 0.422 e. The second kappa shape index (κ2) is 11.7. The highest BCUT2D eigenvalue weighted by Gasteiger charge is 2.14. The maximum absolute atomic E-state index is 12.9. The number of anilines is 4. The number of hydrogen-bond acceptors (Lipinski definition) is 5. The lowest BCUT2D eigenvalue weighted by Gasteiger charge is -2.25. The molecule has 0 fully saturated rings. The first-order valence-corrected chi connectivity index (χ1v) is 13.1. The van der Waals surface area contributed by atoms with Crippen molar-refractivity contribution < 1.29 is 9.21 Å². The van der Waals surface area contributed by atoms with Crippen molar-refractivity contribution in [2.24, 2.45) is 0 Å². The standard InChI is InChI=1S/C34H30N2O3/c1-3-35(4-2)30-21-18-26-23-31(34(38)39-33(26)24-30)32(37)22-17-25-15-19-29(20-16-25)36(27-11-7-5-8-12-27)28-13-9-6-10-14-28/h5-24H,3-4H2,1-2H3/b22-17+. The van der Waals surface area contributed by atoms with Crippen LogP contribution in [0.25, 0.3) is 17.0 Å². The summed E-state index contributed by atoms with van der Waals surface area (Å²) in [5.41, 5.74) is 4.79. The normalized spacial score (nSPS) is 11.1. The molecule has 0 saturated carbocycles. The Bertz CT molecular complexity index is 1610. The molecule has 194 valence electrons. The average molecular weight is 515 g/mol. The van der Waals surface area contributed by atoms with Gasteiger partial charge in [0.2, 0.25) is 0 Å². The molecule has 5 heteroatoms. The van der Waals surface area contributed by atoms with Crippen molar-refractivity contribution in [3.05, 3.63) is 137 Å². The molecule has 0 saturated heterocycles. The van der Waals surface area contributed by atoms with Gasteiger partial charge in [0.05, 0.1) is 0 Å². The number of carbonyl (C=O) groups excluding carboxylic acids is 1. The van der Waals surface area contributed by atoms with Crippen LogP contribution >= 0.6 is 0 Å². The van der Waals surface area contributed by atoms with Crippen molar-refractivity contribution in [1.82, 2.24) is 0 Å². The van der Waals surface area contributed by atoms with Gasteiger partial charge in [0.1, 0.15) is 11.1 Å². The number of para-hydroxylation sites is 2. The molecule has 5 nitrogen and oxygen atoms in total. The lowest BCUT2D eigenvalue weighted by Crippen LogP contribution is -2.21. The van der Waals surface area contributed by atoms with Crippen molar-refractivity contribution in [2.75, 3.05) is 22.9 Å². The van der Waals surface area contributed by atoms with Gasteiger partial charge in [-0.05, 0) is 80.1 Å². The van der Waals surface area contributed by atoms with Gasteiger partial charge in [0, 0.05) is 47.3 Å². The molecule has 0 atom stereocenters. The Balaban J connectivity index is 1.38. The predicted octanol–water partition coefficient (Wildman–Crippen LogP) is 8.01. The molecule has 0 radical (unpaired) electrons. The molecule has 0 unspecified atom stereocenters. The fourth-order valence-corrected chi connectivity index (χ4v) is 4.65. The van der Waals surface area contributed by atoms with Gasteiger partial charge in [0.25, 0.3) is 0 Å². The van der Waals surface area contributed by atoms with E-state index in [9.17, 15) is 9.59 Å². The molecule has 0 N–H and O–H groups in total. The zero-order valence-corrected chi connectivity index (χ0v) is 22.1. The maximum Gasteiger partial charge on any atom is 0.347 e. The molecule has 1 heterocycles. The Kier molecular flexibility index (Phi) is 7.69. The average Bonchev–Trinajstić information content (AvgIpc) is 2.98. The second-order valence-electron chi connectivity index (χ2n) is 9.14. The van der Waals surface area contributed by atoms with Gasteiger partial charge in [-0.3, -0.25) is 4.79 Å². The van der Waals surface area contributed by atoms with E-state index < -0.39 is 11.4 Å². The SMILES string of the molecule is CCN(CC)c1ccc2cc(C(=O)/C=C/c3ccc(N(c4ccccc4)c4ccccc4)cc3)c(=O)oc2c1. The number of rotatable bonds is 9. The van der Waals surface area contributed by atoms with Crippen molar-refractivity contribution >= 4 is 45.6 Å². The van der Waals surface area contributed by atoms with Crippen LogP contribution in [0.15, 0.2) is 124 Å². The fourth-order valence-electron chi connectivity index (χ4n) is 4.65. The van der Waals surface area contributed by atoms with E-state index in [0.717, 1.165) is 41.4 Å². The van der Waals surface area contributed by atoms with Crippen LogP contribution in [0.2, 0.25) is 0 Å². The third-order valence-electron chi connectivity index (χ3n) is 6.72. The Morgan fingerprint density at radius 2 is 1.28 bits per heavy atom. The van der Waals surface area contributed by atoms with Gasteiger partial charge < -0.3 is 14.2 Å². The Morgan fingerprint density at radius 1 is 0.718 bits per heavy atom. The van der Waals surface area contributed by atoms with Crippen molar-refractivity contribution in [2.45, 2.75) is 13.8 Å². The Hall–Kier alpha value is -4.90. The van der Waals surface area contributed by atoms with Crippen LogP contribution in [0, 0.1) is 0 Å². The van der Waals surface area contributed by atoms with Gasteiger partial charge in [-0.15, -0.1) is 0 Å². The molecule has 0 aliphatic rings. The monoisotopic (exact) mass is 514 g/mol. The Labute approximate surface area is 228 Å². The summed E-state index contributed by atoms with van der Waals surface area (Å²) in [6.07, 6.45) is 3.14. The minimum Gasteiger partial charge on any atom is -0.422 e. The molecule has 0 spiro atoms. The third kappa shape index (κ3) is 5.68. The van der Waals surface area contributed by atoms with Crippen molar-refractivity contribution in [1.29, 1.82) is 0 Å². The number of ketones is 1. The van der Waals surface area contributed by atoms with Crippen LogP contribution in [0.4, 0.5) is 22.7 Å². The number of hydrogen-bond donors (Lipinski definition) is 0. The zero-order chi connectivity index (χ0) is 27.2. The van der Waals surface area contributed by atoms with Crippen LogP contribution in [-0.4, -0.2) is 18.9 Å². The fraction of sp³-hybridized carbons (Fsp3) is 0.118. The van der Waals surface area contributed by atoms with E-state index >= 15 is 0 Å². The molecule has 0 aliphatic heterocycles. The summed E-state index contributed by atoms with van der Waals surface area (Å²) in [7, 11) is 0. The van der Waals surface area contributed by atoms with E-state index in [4.69, 9.17) is 4.42 Å². The van der Waals surface area contributed by atoms with Crippen LogP contribution in [0.5, 0.6) is 0 Å². The van der Waals surface area contributed by atoms with E-state index in [1.165, 1.54) is 6.08 Å². The van der Waals surface area contributed by atoms with E-state index in [0.29, 0.717) is 11.0 Å². The summed E-state index contributed by atoms with van der Waals surface area (Å²) in [5, 5.41) is 0.716. The maximum atomic E-state index is 12.9. The van der Waals surface area contributed by atoms with Gasteiger partial charge >= 0.3 is 5.63 Å². The van der Waals surface area contributed by atoms with Crippen LogP contribution in [0.1, 0.15) is 29.8 Å². The van der Waals surface area contributed by atoms with Crippen LogP contribution < -0.4 is 15.4 Å². The van der Waals surface area contributed by atoms with Gasteiger partial charge in [-0.2, -0.15) is 0 Å². The minimum atomic E-state index is -0.634. The third-order valence-corrected chi connectivity index (χ3v) is 6.72. The Morgan fingerprint density at radius 3 is 1.87 bits per heavy atom. The van der Waals surface area contributed by atoms with E-state index in [1.807, 2.05) is 78.9 Å². The number of allylic oxidation sites excluding steroid dienone is 1. The second-order valence-corrected chi connectivity index (χ2v) is 9.14. The molecule has 0 bridgehead atoms. The van der Waals surface area contributed by atoms with Gasteiger partial charge in [-0.1, -0.05) is 54.6 Å². The number of fused-ring (bicyclic) bond motifs is 1. The lowest BCUT2D eigenvalue weighted by molar-refractivity contribution is 0.104. The molecule has 5 rings (SSSR count). The summed E-state index contributed by atoms with van der Waals surface area (Å²) in [4.78, 5) is 29.9. The van der Waals surface area contributed by atoms with Crippen LogP contribution in [0.3, 0.4) is 0 Å². The van der Waals surface area contributed by atoms with Crippen molar-refractivity contribution in [3.63, 3.8) is 0 Å². The number of carbonyl (C=O) groups is 1. The number of benzene rings is 4. The highest BCUT2D eigenvalue weighted by molar-refractivity contribution is 6.07. The highest BCUT2D eigenvalue weighted by atomic mass is 16.4. The smallest absolute Gasteiger partial charge is 0.347 e. The summed E-state index contributed by atoms with van der Waals surface area (Å²) in [6.45, 7) is 5.86. The summed E-state index contributed by atoms with van der Waals surface area (Å²) in [6, 6.07) is 35.6. The van der Waals surface area contributed by atoms with E-state index in [-0.39, 0.29) is 5.56 Å². The molecule has 0 amide bonds. The zero-order valence-electron chi connectivity index (χ0n) is 22.1. The number of nitrogens with zero attached hydrogens (tertiary/aromatic N) is 2. The van der Waals surface area contributed by atoms with E-state index in [1.54, 1.807) is 12.1 Å². The molecular formula is C34H30N2O3. The van der Waals surface area contributed by atoms with Crippen LogP contribution in [-0.2, 0) is 0 Å². The minimum absolute atomic E-state index is 0.0188. The summed E-state index contributed by atoms with van der Waals surface area (Å²) >= 11 is 0. The first-order chi connectivity index (χ1) is 19.1. The molecule has 4 aromatic carbocycles. The summed E-state index contributed by atoms with van der Waals surface area (Å²) < 4.78 is 5.53. The summed E-state index contributed by atoms with van der Waals surface area (Å²) in [5.74, 6) is -0.391. The predicted molar refractivity (Wildman–Crippen MR) is 161 cm³/mol. The molecular weight excluding hydrogens is 484 g/mol.